The zero-order chi connectivity index (χ0) is 34.7. The van der Waals surface area contributed by atoms with Gasteiger partial charge in [-0.3, -0.25) is 0 Å². The summed E-state index contributed by atoms with van der Waals surface area (Å²) in [6.07, 6.45) is -11.8. The van der Waals surface area contributed by atoms with Gasteiger partial charge in [0.25, 0.3) is 0 Å². The van der Waals surface area contributed by atoms with E-state index in [2.05, 4.69) is 0 Å². The van der Waals surface area contributed by atoms with Gasteiger partial charge in [-0.1, -0.05) is 0 Å². The number of hydrogen-bond acceptors (Lipinski definition) is 10. The van der Waals surface area contributed by atoms with Crippen molar-refractivity contribution >= 4 is 45.1 Å². The molecule has 1 aliphatic heterocycles. The number of carbonyl (C=O) groups is 3. The topological polar surface area (TPSA) is 136 Å². The third kappa shape index (κ3) is 11.3. The van der Waals surface area contributed by atoms with Crippen molar-refractivity contribution in [1.29, 1.82) is 0 Å². The molecule has 48 heavy (non-hydrogen) atoms. The Hall–Kier alpha value is -3.55. The van der Waals surface area contributed by atoms with Crippen molar-refractivity contribution in [2.24, 2.45) is 0 Å². The van der Waals surface area contributed by atoms with Crippen molar-refractivity contribution in [3.05, 3.63) is 102 Å². The van der Waals surface area contributed by atoms with Gasteiger partial charge in [0, 0.05) is 0 Å². The van der Waals surface area contributed by atoms with E-state index in [9.17, 15) is 32.1 Å². The van der Waals surface area contributed by atoms with E-state index in [1.54, 1.807) is 66.0 Å². The first-order valence-corrected chi connectivity index (χ1v) is 18.1. The summed E-state index contributed by atoms with van der Waals surface area (Å²) >= 11 is -0.366. The van der Waals surface area contributed by atoms with E-state index < -0.39 is 62.5 Å². The molecule has 16 heteroatoms. The Kier molecular flexibility index (Phi) is 13.4. The second-order valence-electron chi connectivity index (χ2n) is 10.4. The van der Waals surface area contributed by atoms with Gasteiger partial charge >= 0.3 is 282 Å². The van der Waals surface area contributed by atoms with Gasteiger partial charge in [-0.05, 0) is 0 Å². The van der Waals surface area contributed by atoms with E-state index in [-0.39, 0.29) is 33.5 Å². The van der Waals surface area contributed by atoms with Crippen molar-refractivity contribution in [2.45, 2.75) is 69.2 Å². The van der Waals surface area contributed by atoms with E-state index in [1.807, 2.05) is 30.3 Å². The van der Waals surface area contributed by atoms with Crippen molar-refractivity contribution in [1.82, 2.24) is 5.32 Å². The molecule has 0 spiro atoms. The zero-order valence-electron chi connectivity index (χ0n) is 25.7. The number of phosphoric ester groups is 1. The first-order valence-electron chi connectivity index (χ1n) is 14.5. The predicted molar refractivity (Wildman–Crippen MR) is 166 cm³/mol. The van der Waals surface area contributed by atoms with Gasteiger partial charge in [-0.15, -0.1) is 0 Å². The fourth-order valence-electron chi connectivity index (χ4n) is 4.56. The summed E-state index contributed by atoms with van der Waals surface area (Å²) in [4.78, 5) is 36.8. The van der Waals surface area contributed by atoms with Crippen LogP contribution in [0.5, 0.6) is 0 Å². The van der Waals surface area contributed by atoms with Gasteiger partial charge in [0.15, 0.2) is 0 Å². The number of carbonyl (C=O) groups excluding carboxylic acids is 3. The molecule has 0 unspecified atom stereocenters. The SMILES string of the molecule is CC(=O)O[C@@H]1[C@@H](NC(=O)C(F)(F)F)[C@@H](OP(=O)(OCc2ccccc2)OCc2ccccc2)O[C@H](C[Se]c2ccccc2)[C@H]1OC(C)=O. The van der Waals surface area contributed by atoms with Crippen molar-refractivity contribution in [3.8, 4) is 0 Å². The van der Waals surface area contributed by atoms with Crippen molar-refractivity contribution < 1.29 is 59.9 Å². The van der Waals surface area contributed by atoms with Crippen molar-refractivity contribution in [3.63, 3.8) is 0 Å². The Morgan fingerprint density at radius 3 is 1.75 bits per heavy atom. The summed E-state index contributed by atoms with van der Waals surface area (Å²) in [5, 5.41) is 1.85. The summed E-state index contributed by atoms with van der Waals surface area (Å²) in [6.45, 7) is 1.43. The molecule has 0 aliphatic carbocycles. The average molecular weight is 759 g/mol. The van der Waals surface area contributed by atoms with Crippen LogP contribution < -0.4 is 9.78 Å². The van der Waals surface area contributed by atoms with Crippen LogP contribution in [0.15, 0.2) is 91.0 Å². The van der Waals surface area contributed by atoms with Gasteiger partial charge in [0.2, 0.25) is 0 Å². The number of rotatable bonds is 14. The molecular weight excluding hydrogens is 725 g/mol. The van der Waals surface area contributed by atoms with Crippen molar-refractivity contribution in [2.75, 3.05) is 0 Å². The Bertz CT molecular complexity index is 1500. The first kappa shape index (κ1) is 37.3. The fourth-order valence-corrected chi connectivity index (χ4v) is 7.85. The molecule has 1 heterocycles. The average Bonchev–Trinajstić information content (AvgIpc) is 3.05. The third-order valence-electron chi connectivity index (χ3n) is 6.66. The van der Waals surface area contributed by atoms with Gasteiger partial charge in [-0.25, -0.2) is 0 Å². The van der Waals surface area contributed by atoms with Crippen LogP contribution in [0.3, 0.4) is 0 Å². The summed E-state index contributed by atoms with van der Waals surface area (Å²) in [7, 11) is -4.75. The monoisotopic (exact) mass is 759 g/mol. The molecule has 0 aromatic heterocycles. The molecule has 3 aromatic carbocycles. The number of benzene rings is 3. The molecule has 1 aliphatic rings. The minimum atomic E-state index is -5.40. The van der Waals surface area contributed by atoms with Crippen LogP contribution in [0.1, 0.15) is 25.0 Å². The summed E-state index contributed by atoms with van der Waals surface area (Å²) in [5.41, 5.74) is 1.12. The number of hydrogen-bond donors (Lipinski definition) is 1. The van der Waals surface area contributed by atoms with Crippen LogP contribution in [0, 0.1) is 0 Å². The Labute approximate surface area is 281 Å². The zero-order valence-corrected chi connectivity index (χ0v) is 28.3. The number of nitrogens with one attached hydrogen (secondary N) is 1. The molecule has 4 rings (SSSR count). The van der Waals surface area contributed by atoms with Crippen LogP contribution in [0.4, 0.5) is 13.2 Å². The Morgan fingerprint density at radius 1 is 0.792 bits per heavy atom. The number of ether oxygens (including phenoxy) is 3. The molecule has 5 atom stereocenters. The maximum absolute atomic E-state index is 14.3. The molecule has 1 amide bonds. The van der Waals surface area contributed by atoms with Crippen LogP contribution in [-0.4, -0.2) is 69.6 Å². The van der Waals surface area contributed by atoms with Crippen LogP contribution in [-0.2, 0) is 59.9 Å². The maximum atomic E-state index is 14.3. The molecule has 0 saturated carbocycles. The summed E-state index contributed by atoms with van der Waals surface area (Å²) in [5.74, 6) is -4.28. The molecule has 3 aromatic rings. The molecule has 1 fully saturated rings. The molecular formula is C32H33F3NO10PSe. The number of amides is 1. The molecule has 258 valence electrons. The molecule has 1 saturated heterocycles. The summed E-state index contributed by atoms with van der Waals surface area (Å²) < 4.78 is 89.9. The summed E-state index contributed by atoms with van der Waals surface area (Å²) in [6, 6.07) is 24.2. The van der Waals surface area contributed by atoms with E-state index >= 15 is 0 Å². The first-order chi connectivity index (χ1) is 22.8. The van der Waals surface area contributed by atoms with Crippen LogP contribution in [0.2, 0.25) is 5.32 Å². The van der Waals surface area contributed by atoms with Crippen LogP contribution >= 0.6 is 7.82 Å². The fraction of sp³-hybridized carbons (Fsp3) is 0.344. The van der Waals surface area contributed by atoms with Gasteiger partial charge < -0.3 is 0 Å². The normalized spacial score (nSPS) is 21.2. The second-order valence-corrected chi connectivity index (χ2v) is 14.3. The standard InChI is InChI=1S/C32H33F3NO10PSe/c1-21(37)43-28-26(20-48-25-16-10-5-11-17-25)45-30(27(29(28)44-22(2)38)36-31(39)32(33,34)35)46-47(40,41-18-23-12-6-3-7-13-23)42-19-24-14-8-4-9-15-24/h3-17,26-30H,18-20H2,1-2H3,(H,36,39)/t26-,27-,28-,29-,30-/m1/s1. The molecule has 1 N–H and O–H groups in total. The third-order valence-corrected chi connectivity index (χ3v) is 10.3. The predicted octanol–water partition coefficient (Wildman–Crippen LogP) is 4.63. The van der Waals surface area contributed by atoms with Gasteiger partial charge in [0.05, 0.1) is 0 Å². The Morgan fingerprint density at radius 2 is 1.27 bits per heavy atom. The van der Waals surface area contributed by atoms with Gasteiger partial charge in [0.1, 0.15) is 0 Å². The van der Waals surface area contributed by atoms with E-state index in [0.29, 0.717) is 11.1 Å². The minimum absolute atomic E-state index is 0.132. The van der Waals surface area contributed by atoms with Crippen LogP contribution in [0.25, 0.3) is 0 Å². The van der Waals surface area contributed by atoms with E-state index in [1.165, 1.54) is 0 Å². The number of halogens is 3. The molecule has 0 radical (unpaired) electrons. The quantitative estimate of drug-likeness (QED) is 0.141. The Balaban J connectivity index is 1.73. The molecule has 0 bridgehead atoms. The number of esters is 2. The van der Waals surface area contributed by atoms with E-state index in [0.717, 1.165) is 18.3 Å². The molecule has 11 nitrogen and oxygen atoms in total. The van der Waals surface area contributed by atoms with E-state index in [4.69, 9.17) is 27.8 Å². The second kappa shape index (κ2) is 17.2. The van der Waals surface area contributed by atoms with Gasteiger partial charge in [-0.2, -0.15) is 0 Å². The number of phosphoric acid groups is 1. The number of alkyl halides is 3.